The van der Waals surface area contributed by atoms with Crippen LogP contribution in [0.25, 0.3) is 0 Å². The van der Waals surface area contributed by atoms with Gasteiger partial charge in [0.1, 0.15) is 5.56 Å². The zero-order chi connectivity index (χ0) is 13.7. The maximum atomic E-state index is 13.0. The number of fused-ring (bicyclic) bond motifs is 1. The monoisotopic (exact) mass is 274 g/mol. The fourth-order valence-corrected chi connectivity index (χ4v) is 2.23. The molecule has 3 rings (SSSR count). The first-order chi connectivity index (χ1) is 8.92. The van der Waals surface area contributed by atoms with Crippen molar-refractivity contribution in [2.45, 2.75) is 31.0 Å². The van der Waals surface area contributed by atoms with Gasteiger partial charge in [0.25, 0.3) is 0 Å². The predicted molar refractivity (Wildman–Crippen MR) is 60.2 cm³/mol. The van der Waals surface area contributed by atoms with Crippen LogP contribution in [0.5, 0.6) is 11.5 Å². The molecule has 0 radical (unpaired) electrons. The standard InChI is InChI=1S/C13H13F3O3/c14-13(15,16)9-3-2-8(12(17)4-5-12)10-11(9)19-7-1-6-18-10/h2-3,17H,1,4-7H2. The molecule has 0 spiro atoms. The Labute approximate surface area is 107 Å². The van der Waals surface area contributed by atoms with Crippen molar-refractivity contribution in [2.24, 2.45) is 0 Å². The molecule has 3 nitrogen and oxygen atoms in total. The van der Waals surface area contributed by atoms with Crippen LogP contribution in [0.1, 0.15) is 30.4 Å². The van der Waals surface area contributed by atoms with Gasteiger partial charge in [-0.3, -0.25) is 0 Å². The maximum Gasteiger partial charge on any atom is 0.420 e. The van der Waals surface area contributed by atoms with Crippen LogP contribution in [-0.2, 0) is 11.8 Å². The number of hydrogen-bond acceptors (Lipinski definition) is 3. The molecule has 19 heavy (non-hydrogen) atoms. The highest BCUT2D eigenvalue weighted by Crippen LogP contribution is 2.54. The van der Waals surface area contributed by atoms with Crippen LogP contribution in [0, 0.1) is 0 Å². The van der Waals surface area contributed by atoms with E-state index in [0.717, 1.165) is 6.07 Å². The Hall–Kier alpha value is -1.43. The Balaban J connectivity index is 2.16. The minimum Gasteiger partial charge on any atom is -0.489 e. The molecule has 0 bridgehead atoms. The summed E-state index contributed by atoms with van der Waals surface area (Å²) >= 11 is 0. The Morgan fingerprint density at radius 1 is 1.05 bits per heavy atom. The lowest BCUT2D eigenvalue weighted by atomic mass is 10.0. The van der Waals surface area contributed by atoms with E-state index in [0.29, 0.717) is 24.8 Å². The Morgan fingerprint density at radius 2 is 1.68 bits per heavy atom. The molecule has 1 saturated carbocycles. The van der Waals surface area contributed by atoms with Crippen molar-refractivity contribution in [3.63, 3.8) is 0 Å². The van der Waals surface area contributed by atoms with E-state index in [2.05, 4.69) is 0 Å². The summed E-state index contributed by atoms with van der Waals surface area (Å²) in [6.45, 7) is 0.468. The smallest absolute Gasteiger partial charge is 0.420 e. The van der Waals surface area contributed by atoms with Crippen molar-refractivity contribution >= 4 is 0 Å². The summed E-state index contributed by atoms with van der Waals surface area (Å²) in [6, 6.07) is 2.25. The van der Waals surface area contributed by atoms with E-state index in [4.69, 9.17) is 9.47 Å². The van der Waals surface area contributed by atoms with E-state index in [1.54, 1.807) is 0 Å². The van der Waals surface area contributed by atoms with Crippen LogP contribution in [-0.4, -0.2) is 18.3 Å². The molecule has 1 aromatic rings. The lowest BCUT2D eigenvalue weighted by molar-refractivity contribution is -0.139. The fraction of sp³-hybridized carbons (Fsp3) is 0.538. The van der Waals surface area contributed by atoms with Gasteiger partial charge < -0.3 is 14.6 Å². The second-order valence-electron chi connectivity index (χ2n) is 4.90. The van der Waals surface area contributed by atoms with E-state index in [9.17, 15) is 18.3 Å². The molecule has 1 aliphatic carbocycles. The molecule has 1 fully saturated rings. The van der Waals surface area contributed by atoms with Gasteiger partial charge in [-0.25, -0.2) is 0 Å². The molecular formula is C13H13F3O3. The third kappa shape index (κ3) is 2.14. The minimum atomic E-state index is -4.50. The summed E-state index contributed by atoms with van der Waals surface area (Å²) in [6.07, 6.45) is -2.91. The van der Waals surface area contributed by atoms with E-state index in [1.165, 1.54) is 6.07 Å². The van der Waals surface area contributed by atoms with Gasteiger partial charge in [-0.05, 0) is 18.9 Å². The van der Waals surface area contributed by atoms with E-state index >= 15 is 0 Å². The summed E-state index contributed by atoms with van der Waals surface area (Å²) in [7, 11) is 0. The molecule has 0 amide bonds. The van der Waals surface area contributed by atoms with Crippen LogP contribution in [0.15, 0.2) is 12.1 Å². The van der Waals surface area contributed by atoms with Crippen LogP contribution >= 0.6 is 0 Å². The van der Waals surface area contributed by atoms with Crippen molar-refractivity contribution in [3.05, 3.63) is 23.3 Å². The van der Waals surface area contributed by atoms with Gasteiger partial charge in [-0.15, -0.1) is 0 Å². The molecule has 0 unspecified atom stereocenters. The molecule has 0 saturated heterocycles. The second-order valence-corrected chi connectivity index (χ2v) is 4.90. The highest BCUT2D eigenvalue weighted by molar-refractivity contribution is 5.56. The second kappa shape index (κ2) is 4.03. The molecule has 104 valence electrons. The normalized spacial score (nSPS) is 20.8. The molecule has 1 aromatic carbocycles. The van der Waals surface area contributed by atoms with Crippen molar-refractivity contribution in [1.29, 1.82) is 0 Å². The number of aliphatic hydroxyl groups is 1. The highest BCUT2D eigenvalue weighted by Gasteiger charge is 2.47. The summed E-state index contributed by atoms with van der Waals surface area (Å²) < 4.78 is 49.5. The molecule has 0 atom stereocenters. The van der Waals surface area contributed by atoms with Crippen molar-refractivity contribution < 1.29 is 27.8 Å². The lowest BCUT2D eigenvalue weighted by Crippen LogP contribution is -2.13. The van der Waals surface area contributed by atoms with E-state index in [1.807, 2.05) is 0 Å². The van der Waals surface area contributed by atoms with Crippen LogP contribution in [0.3, 0.4) is 0 Å². The highest BCUT2D eigenvalue weighted by atomic mass is 19.4. The van der Waals surface area contributed by atoms with Gasteiger partial charge in [-0.1, -0.05) is 6.07 Å². The zero-order valence-corrected chi connectivity index (χ0v) is 10.1. The van der Waals surface area contributed by atoms with Crippen LogP contribution in [0.2, 0.25) is 0 Å². The largest absolute Gasteiger partial charge is 0.489 e. The average Bonchev–Trinajstić information content (AvgIpc) is 3.10. The average molecular weight is 274 g/mol. The number of rotatable bonds is 1. The van der Waals surface area contributed by atoms with Gasteiger partial charge in [0.2, 0.25) is 0 Å². The molecule has 1 heterocycles. The topological polar surface area (TPSA) is 38.7 Å². The Bertz CT molecular complexity index is 472. The molecule has 1 aliphatic heterocycles. The molecule has 0 aromatic heterocycles. The number of hydrogen-bond donors (Lipinski definition) is 1. The fourth-order valence-electron chi connectivity index (χ4n) is 2.23. The number of benzene rings is 1. The Morgan fingerprint density at radius 3 is 2.26 bits per heavy atom. The summed E-state index contributed by atoms with van der Waals surface area (Å²) in [5.74, 6) is -0.241. The molecule has 6 heteroatoms. The van der Waals surface area contributed by atoms with E-state index < -0.39 is 17.3 Å². The van der Waals surface area contributed by atoms with E-state index in [-0.39, 0.29) is 24.7 Å². The van der Waals surface area contributed by atoms with Gasteiger partial charge in [0, 0.05) is 12.0 Å². The molecule has 2 aliphatic rings. The lowest BCUT2D eigenvalue weighted by Gasteiger charge is -2.20. The number of halogens is 3. The molecular weight excluding hydrogens is 261 g/mol. The predicted octanol–water partition coefficient (Wildman–Crippen LogP) is 2.85. The molecule has 1 N–H and O–H groups in total. The summed E-state index contributed by atoms with van der Waals surface area (Å²) in [5, 5.41) is 10.1. The van der Waals surface area contributed by atoms with Gasteiger partial charge >= 0.3 is 6.18 Å². The number of alkyl halides is 3. The van der Waals surface area contributed by atoms with Crippen molar-refractivity contribution in [2.75, 3.05) is 13.2 Å². The third-order valence-electron chi connectivity index (χ3n) is 3.42. The van der Waals surface area contributed by atoms with Crippen molar-refractivity contribution in [3.8, 4) is 11.5 Å². The van der Waals surface area contributed by atoms with Gasteiger partial charge in [-0.2, -0.15) is 13.2 Å². The van der Waals surface area contributed by atoms with Gasteiger partial charge in [0.05, 0.1) is 18.8 Å². The van der Waals surface area contributed by atoms with Crippen LogP contribution in [0.4, 0.5) is 13.2 Å². The first-order valence-corrected chi connectivity index (χ1v) is 6.14. The maximum absolute atomic E-state index is 13.0. The summed E-state index contributed by atoms with van der Waals surface area (Å²) in [5.41, 5.74) is -1.50. The first kappa shape index (κ1) is 12.6. The SMILES string of the molecule is OC1(c2ccc(C(F)(F)F)c3c2OCCCO3)CC1. The summed E-state index contributed by atoms with van der Waals surface area (Å²) in [4.78, 5) is 0. The zero-order valence-electron chi connectivity index (χ0n) is 10.1. The van der Waals surface area contributed by atoms with Crippen molar-refractivity contribution in [1.82, 2.24) is 0 Å². The number of ether oxygens (including phenoxy) is 2. The van der Waals surface area contributed by atoms with Crippen LogP contribution < -0.4 is 9.47 Å². The minimum absolute atomic E-state index is 0.0484. The third-order valence-corrected chi connectivity index (χ3v) is 3.42. The Kier molecular flexibility index (Phi) is 2.67. The quantitative estimate of drug-likeness (QED) is 0.855. The first-order valence-electron chi connectivity index (χ1n) is 6.14. The van der Waals surface area contributed by atoms with Gasteiger partial charge in [0.15, 0.2) is 11.5 Å².